The Bertz CT molecular complexity index is 472. The molecule has 1 rings (SSSR count). The molecule has 0 radical (unpaired) electrons. The Labute approximate surface area is 123 Å². The standard InChI is InChI=1S/C12H22N6O3/c1-8(2)17(9(3)4)5-6-21-12-10(18(19)20)11(16-13)14-7-15-12/h7-9H,5-6,13H2,1-4H3,(H,14,15,16). The minimum atomic E-state index is -0.618. The van der Waals surface area contributed by atoms with Crippen LogP contribution in [0.1, 0.15) is 27.7 Å². The monoisotopic (exact) mass is 298 g/mol. The third kappa shape index (κ3) is 4.50. The van der Waals surface area contributed by atoms with E-state index < -0.39 is 4.92 Å². The number of aromatic nitrogens is 2. The molecule has 9 heteroatoms. The predicted octanol–water partition coefficient (Wildman–Crippen LogP) is 1.17. The number of hydrogen-bond donors (Lipinski definition) is 2. The van der Waals surface area contributed by atoms with Crippen LogP contribution in [0.2, 0.25) is 0 Å². The maximum atomic E-state index is 11.1. The van der Waals surface area contributed by atoms with Crippen molar-refractivity contribution in [3.05, 3.63) is 16.4 Å². The van der Waals surface area contributed by atoms with Crippen LogP contribution in [-0.2, 0) is 0 Å². The van der Waals surface area contributed by atoms with E-state index in [1.165, 1.54) is 6.33 Å². The van der Waals surface area contributed by atoms with Gasteiger partial charge in [0.2, 0.25) is 5.82 Å². The zero-order chi connectivity index (χ0) is 16.0. The third-order valence-electron chi connectivity index (χ3n) is 3.02. The van der Waals surface area contributed by atoms with Gasteiger partial charge in [0.15, 0.2) is 0 Å². The second-order valence-corrected chi connectivity index (χ2v) is 5.05. The summed E-state index contributed by atoms with van der Waals surface area (Å²) < 4.78 is 5.44. The SMILES string of the molecule is CC(C)N(CCOc1ncnc(NN)c1[N+](=O)[O-])C(C)C. The third-order valence-corrected chi connectivity index (χ3v) is 3.02. The number of nitrogen functional groups attached to an aromatic ring is 1. The fraction of sp³-hybridized carbons (Fsp3) is 0.667. The number of nitrogens with two attached hydrogens (primary N) is 1. The summed E-state index contributed by atoms with van der Waals surface area (Å²) in [6.07, 6.45) is 1.17. The van der Waals surface area contributed by atoms with Crippen molar-refractivity contribution in [3.8, 4) is 5.88 Å². The van der Waals surface area contributed by atoms with E-state index in [2.05, 4.69) is 48.0 Å². The molecule has 0 amide bonds. The average molecular weight is 298 g/mol. The molecule has 3 N–H and O–H groups in total. The number of ether oxygens (including phenoxy) is 1. The normalized spacial score (nSPS) is 11.2. The van der Waals surface area contributed by atoms with E-state index in [4.69, 9.17) is 10.6 Å². The topological polar surface area (TPSA) is 119 Å². The van der Waals surface area contributed by atoms with Crippen LogP contribution in [0.25, 0.3) is 0 Å². The van der Waals surface area contributed by atoms with Gasteiger partial charge < -0.3 is 10.2 Å². The number of rotatable bonds is 8. The molecule has 0 aromatic carbocycles. The van der Waals surface area contributed by atoms with Gasteiger partial charge in [-0.25, -0.2) is 10.8 Å². The summed E-state index contributed by atoms with van der Waals surface area (Å²) in [5, 5.41) is 11.1. The first-order chi connectivity index (χ1) is 9.88. The van der Waals surface area contributed by atoms with Gasteiger partial charge in [-0.15, -0.1) is 0 Å². The molecule has 0 spiro atoms. The molecular weight excluding hydrogens is 276 g/mol. The number of nitrogens with one attached hydrogen (secondary N) is 1. The number of hydrogen-bond acceptors (Lipinski definition) is 8. The van der Waals surface area contributed by atoms with Gasteiger partial charge in [0.1, 0.15) is 12.9 Å². The van der Waals surface area contributed by atoms with Crippen molar-refractivity contribution in [2.45, 2.75) is 39.8 Å². The van der Waals surface area contributed by atoms with Gasteiger partial charge in [-0.05, 0) is 27.7 Å². The minimum absolute atomic E-state index is 0.0745. The summed E-state index contributed by atoms with van der Waals surface area (Å²) >= 11 is 0. The van der Waals surface area contributed by atoms with Crippen molar-refractivity contribution in [2.75, 3.05) is 18.6 Å². The zero-order valence-electron chi connectivity index (χ0n) is 12.7. The summed E-state index contributed by atoms with van der Waals surface area (Å²) in [6.45, 7) is 9.28. The molecule has 1 heterocycles. The van der Waals surface area contributed by atoms with Crippen LogP contribution in [0.4, 0.5) is 11.5 Å². The number of nitro groups is 1. The lowest BCUT2D eigenvalue weighted by atomic mass is 10.2. The van der Waals surface area contributed by atoms with E-state index >= 15 is 0 Å². The lowest BCUT2D eigenvalue weighted by molar-refractivity contribution is -0.385. The fourth-order valence-corrected chi connectivity index (χ4v) is 2.10. The Morgan fingerprint density at radius 1 is 1.38 bits per heavy atom. The van der Waals surface area contributed by atoms with E-state index in [0.717, 1.165) is 0 Å². The highest BCUT2D eigenvalue weighted by Crippen LogP contribution is 2.29. The van der Waals surface area contributed by atoms with Gasteiger partial charge in [-0.3, -0.25) is 15.0 Å². The molecule has 0 unspecified atom stereocenters. The van der Waals surface area contributed by atoms with Gasteiger partial charge in [0.05, 0.1) is 4.92 Å². The minimum Gasteiger partial charge on any atom is -0.471 e. The molecule has 0 atom stereocenters. The molecule has 0 bridgehead atoms. The summed E-state index contributed by atoms with van der Waals surface area (Å²) in [5.41, 5.74) is 1.81. The molecular formula is C12H22N6O3. The Morgan fingerprint density at radius 3 is 2.48 bits per heavy atom. The Morgan fingerprint density at radius 2 is 2.00 bits per heavy atom. The molecule has 0 saturated heterocycles. The number of anilines is 1. The molecule has 118 valence electrons. The largest absolute Gasteiger partial charge is 0.471 e. The smallest absolute Gasteiger partial charge is 0.374 e. The molecule has 0 aliphatic rings. The molecule has 9 nitrogen and oxygen atoms in total. The lowest BCUT2D eigenvalue weighted by Gasteiger charge is -2.30. The van der Waals surface area contributed by atoms with Crippen molar-refractivity contribution < 1.29 is 9.66 Å². The molecule has 0 aliphatic heterocycles. The van der Waals surface area contributed by atoms with E-state index in [0.29, 0.717) is 18.6 Å². The molecule has 21 heavy (non-hydrogen) atoms. The molecule has 1 aromatic rings. The van der Waals surface area contributed by atoms with Crippen LogP contribution in [0.15, 0.2) is 6.33 Å². The first-order valence-electron chi connectivity index (χ1n) is 6.73. The van der Waals surface area contributed by atoms with Crippen molar-refractivity contribution in [1.29, 1.82) is 0 Å². The van der Waals surface area contributed by atoms with E-state index in [1.54, 1.807) is 0 Å². The second-order valence-electron chi connectivity index (χ2n) is 5.05. The zero-order valence-corrected chi connectivity index (χ0v) is 12.7. The van der Waals surface area contributed by atoms with Crippen LogP contribution >= 0.6 is 0 Å². The van der Waals surface area contributed by atoms with Crippen molar-refractivity contribution in [1.82, 2.24) is 14.9 Å². The molecule has 0 saturated carbocycles. The Kier molecular flexibility index (Phi) is 6.25. The maximum absolute atomic E-state index is 11.1. The van der Waals surface area contributed by atoms with Crippen LogP contribution in [0, 0.1) is 10.1 Å². The van der Waals surface area contributed by atoms with Crippen molar-refractivity contribution in [3.63, 3.8) is 0 Å². The van der Waals surface area contributed by atoms with Crippen molar-refractivity contribution in [2.24, 2.45) is 5.84 Å². The molecule has 0 fully saturated rings. The second kappa shape index (κ2) is 7.70. The molecule has 0 aliphatic carbocycles. The first-order valence-corrected chi connectivity index (χ1v) is 6.73. The molecule has 1 aromatic heterocycles. The van der Waals surface area contributed by atoms with Crippen LogP contribution in [-0.4, -0.2) is 45.0 Å². The highest BCUT2D eigenvalue weighted by Gasteiger charge is 2.24. The first kappa shape index (κ1) is 17.1. The van der Waals surface area contributed by atoms with Gasteiger partial charge in [0, 0.05) is 18.6 Å². The summed E-state index contributed by atoms with van der Waals surface area (Å²) in [7, 11) is 0. The average Bonchev–Trinajstić information content (AvgIpc) is 2.41. The van der Waals surface area contributed by atoms with E-state index in [9.17, 15) is 10.1 Å². The van der Waals surface area contributed by atoms with Crippen LogP contribution < -0.4 is 16.0 Å². The maximum Gasteiger partial charge on any atom is 0.374 e. The Hall–Kier alpha value is -2.00. The summed E-state index contributed by atoms with van der Waals surface area (Å²) in [6, 6.07) is 0.713. The highest BCUT2D eigenvalue weighted by atomic mass is 16.6. The fourth-order valence-electron chi connectivity index (χ4n) is 2.10. The summed E-state index contributed by atoms with van der Waals surface area (Å²) in [5.74, 6) is 5.04. The van der Waals surface area contributed by atoms with E-state index in [1.807, 2.05) is 0 Å². The Balaban J connectivity index is 2.78. The number of hydrazine groups is 1. The van der Waals surface area contributed by atoms with E-state index in [-0.39, 0.29) is 24.0 Å². The van der Waals surface area contributed by atoms with Gasteiger partial charge in [-0.2, -0.15) is 4.98 Å². The van der Waals surface area contributed by atoms with Gasteiger partial charge in [0.25, 0.3) is 5.88 Å². The van der Waals surface area contributed by atoms with Gasteiger partial charge in [-0.1, -0.05) is 0 Å². The van der Waals surface area contributed by atoms with Crippen LogP contribution in [0.5, 0.6) is 5.88 Å². The van der Waals surface area contributed by atoms with Crippen molar-refractivity contribution >= 4 is 11.5 Å². The number of nitrogens with zero attached hydrogens (tertiary/aromatic N) is 4. The highest BCUT2D eigenvalue weighted by molar-refractivity contribution is 5.60. The predicted molar refractivity (Wildman–Crippen MR) is 79.0 cm³/mol. The summed E-state index contributed by atoms with van der Waals surface area (Å²) in [4.78, 5) is 20.2. The van der Waals surface area contributed by atoms with Crippen LogP contribution in [0.3, 0.4) is 0 Å². The lowest BCUT2D eigenvalue weighted by Crippen LogP contribution is -2.39. The van der Waals surface area contributed by atoms with Gasteiger partial charge >= 0.3 is 5.69 Å². The quantitative estimate of drug-likeness (QED) is 0.417.